The summed E-state index contributed by atoms with van der Waals surface area (Å²) in [5.41, 5.74) is 1.97. The summed E-state index contributed by atoms with van der Waals surface area (Å²) in [6.45, 7) is 6.63. The number of carbonyl (C=O) groups is 4. The molecule has 2 aromatic rings. The van der Waals surface area contributed by atoms with Crippen LogP contribution in [0.3, 0.4) is 0 Å². The number of hydrogen-bond donors (Lipinski definition) is 4. The standard InChI is InChI=1S/C27H37N5O4S/c1-17(2)37-27(36)24(9-8-21(34)15-28)31-26(35)25(30-20-10-12-32(13-11-20)18(3)33)14-19-16-29-23-7-5-4-6-22(19)23/h4-7,15-17,20,24-25,28-30H,8-14H2,1-3H3,(H,31,35)/t24-,25-/m0/s1. The molecule has 0 aliphatic carbocycles. The van der Waals surface area contributed by atoms with E-state index >= 15 is 0 Å². The summed E-state index contributed by atoms with van der Waals surface area (Å²) >= 11 is 1.14. The van der Waals surface area contributed by atoms with Crippen molar-refractivity contribution in [2.75, 3.05) is 13.1 Å². The van der Waals surface area contributed by atoms with Crippen LogP contribution < -0.4 is 10.6 Å². The fraction of sp³-hybridized carbons (Fsp3) is 0.519. The SMILES string of the molecule is CC(=O)N1CCC(N[C@@H](Cc2c[nH]c3ccccc23)C(=O)N[C@@H](CCC(=O)C=N)C(=O)SC(C)C)CC1. The Balaban J connectivity index is 1.79. The van der Waals surface area contributed by atoms with Gasteiger partial charge in [0.15, 0.2) is 5.78 Å². The van der Waals surface area contributed by atoms with Gasteiger partial charge in [-0.1, -0.05) is 43.8 Å². The summed E-state index contributed by atoms with van der Waals surface area (Å²) in [5, 5.41) is 14.4. The zero-order valence-electron chi connectivity index (χ0n) is 21.7. The van der Waals surface area contributed by atoms with Crippen LogP contribution in [0.25, 0.3) is 10.9 Å². The van der Waals surface area contributed by atoms with Gasteiger partial charge in [-0.2, -0.15) is 0 Å². The summed E-state index contributed by atoms with van der Waals surface area (Å²) < 4.78 is 0. The van der Waals surface area contributed by atoms with Crippen molar-refractivity contribution in [2.24, 2.45) is 0 Å². The van der Waals surface area contributed by atoms with E-state index in [2.05, 4.69) is 15.6 Å². The highest BCUT2D eigenvalue weighted by atomic mass is 32.2. The lowest BCUT2D eigenvalue weighted by Gasteiger charge is -2.34. The van der Waals surface area contributed by atoms with Crippen LogP contribution in [0.15, 0.2) is 30.5 Å². The number of fused-ring (bicyclic) bond motifs is 1. The minimum absolute atomic E-state index is 0.0168. The van der Waals surface area contributed by atoms with Crippen molar-refractivity contribution in [3.05, 3.63) is 36.0 Å². The Labute approximate surface area is 222 Å². The van der Waals surface area contributed by atoms with E-state index in [1.165, 1.54) is 0 Å². The number of nitrogens with one attached hydrogen (secondary N) is 4. The molecule has 1 aliphatic heterocycles. The first-order valence-electron chi connectivity index (χ1n) is 12.8. The molecule has 3 rings (SSSR count). The Bertz CT molecular complexity index is 1120. The molecule has 1 aliphatic rings. The van der Waals surface area contributed by atoms with Gasteiger partial charge in [-0.25, -0.2) is 0 Å². The van der Waals surface area contributed by atoms with E-state index < -0.39 is 12.1 Å². The van der Waals surface area contributed by atoms with Gasteiger partial charge in [0.1, 0.15) is 0 Å². The zero-order valence-corrected chi connectivity index (χ0v) is 22.5. The van der Waals surface area contributed by atoms with Crippen molar-refractivity contribution in [3.63, 3.8) is 0 Å². The third-order valence-electron chi connectivity index (χ3n) is 6.59. The number of ketones is 1. The first-order chi connectivity index (χ1) is 17.7. The molecule has 0 unspecified atom stereocenters. The minimum Gasteiger partial charge on any atom is -0.361 e. The van der Waals surface area contributed by atoms with Crippen molar-refractivity contribution in [3.8, 4) is 0 Å². The van der Waals surface area contributed by atoms with Crippen LogP contribution in [0.4, 0.5) is 0 Å². The van der Waals surface area contributed by atoms with Crippen LogP contribution in [-0.4, -0.2) is 75.3 Å². The lowest BCUT2D eigenvalue weighted by atomic mass is 9.99. The number of likely N-dealkylation sites (tertiary alicyclic amines) is 1. The third-order valence-corrected chi connectivity index (χ3v) is 7.57. The van der Waals surface area contributed by atoms with Gasteiger partial charge in [0.2, 0.25) is 16.9 Å². The van der Waals surface area contributed by atoms with E-state index in [1.807, 2.05) is 49.2 Å². The van der Waals surface area contributed by atoms with Crippen molar-refractivity contribution >= 4 is 51.6 Å². The Morgan fingerprint density at radius 1 is 1.16 bits per heavy atom. The Hall–Kier alpha value is -2.98. The molecule has 1 aromatic carbocycles. The molecular formula is C27H37N5O4S. The largest absolute Gasteiger partial charge is 0.361 e. The van der Waals surface area contributed by atoms with Crippen molar-refractivity contribution in [1.82, 2.24) is 20.5 Å². The van der Waals surface area contributed by atoms with E-state index in [0.29, 0.717) is 19.5 Å². The number of para-hydroxylation sites is 1. The number of carbonyl (C=O) groups excluding carboxylic acids is 4. The van der Waals surface area contributed by atoms with E-state index in [9.17, 15) is 19.2 Å². The van der Waals surface area contributed by atoms with Gasteiger partial charge in [0.05, 0.1) is 18.3 Å². The number of amides is 2. The second-order valence-electron chi connectivity index (χ2n) is 9.76. The van der Waals surface area contributed by atoms with Crippen LogP contribution in [0.2, 0.25) is 0 Å². The summed E-state index contributed by atoms with van der Waals surface area (Å²) in [4.78, 5) is 55.1. The van der Waals surface area contributed by atoms with Gasteiger partial charge < -0.3 is 25.9 Å². The fourth-order valence-corrected chi connectivity index (χ4v) is 5.39. The first kappa shape index (κ1) is 28.6. The van der Waals surface area contributed by atoms with Crippen LogP contribution in [-0.2, 0) is 25.6 Å². The van der Waals surface area contributed by atoms with Crippen LogP contribution in [0, 0.1) is 5.41 Å². The Kier molecular flexibility index (Phi) is 10.5. The van der Waals surface area contributed by atoms with Crippen molar-refractivity contribution < 1.29 is 19.2 Å². The smallest absolute Gasteiger partial charge is 0.238 e. The molecule has 37 heavy (non-hydrogen) atoms. The van der Waals surface area contributed by atoms with Gasteiger partial charge in [0.25, 0.3) is 0 Å². The topological polar surface area (TPSA) is 135 Å². The van der Waals surface area contributed by atoms with Gasteiger partial charge >= 0.3 is 0 Å². The second-order valence-corrected chi connectivity index (χ2v) is 11.3. The van der Waals surface area contributed by atoms with E-state index in [-0.39, 0.29) is 46.8 Å². The maximum Gasteiger partial charge on any atom is 0.238 e. The summed E-state index contributed by atoms with van der Waals surface area (Å²) in [6, 6.07) is 6.52. The lowest BCUT2D eigenvalue weighted by molar-refractivity contribution is -0.130. The Morgan fingerprint density at radius 3 is 2.51 bits per heavy atom. The highest BCUT2D eigenvalue weighted by Crippen LogP contribution is 2.21. The molecule has 200 valence electrons. The van der Waals surface area contributed by atoms with Gasteiger partial charge in [-0.15, -0.1) is 0 Å². The molecule has 1 saturated heterocycles. The molecule has 0 radical (unpaired) electrons. The molecule has 9 nitrogen and oxygen atoms in total. The highest BCUT2D eigenvalue weighted by molar-refractivity contribution is 8.14. The average molecular weight is 528 g/mol. The number of Topliss-reactive ketones (excluding diaryl/α,β-unsaturated/α-hetero) is 1. The predicted octanol–water partition coefficient (Wildman–Crippen LogP) is 2.83. The van der Waals surface area contributed by atoms with Gasteiger partial charge in [-0.3, -0.25) is 19.2 Å². The molecule has 0 bridgehead atoms. The van der Waals surface area contributed by atoms with Crippen molar-refractivity contribution in [2.45, 2.75) is 76.3 Å². The highest BCUT2D eigenvalue weighted by Gasteiger charge is 2.30. The quantitative estimate of drug-likeness (QED) is 0.314. The van der Waals surface area contributed by atoms with Crippen LogP contribution in [0.1, 0.15) is 52.0 Å². The lowest BCUT2D eigenvalue weighted by Crippen LogP contribution is -2.55. The number of nitrogens with zero attached hydrogens (tertiary/aromatic N) is 1. The molecule has 2 atom stereocenters. The maximum absolute atomic E-state index is 13.6. The molecule has 10 heteroatoms. The number of aromatic nitrogens is 1. The molecule has 0 spiro atoms. The number of benzene rings is 1. The van der Waals surface area contributed by atoms with Gasteiger partial charge in [0, 0.05) is 54.8 Å². The zero-order chi connectivity index (χ0) is 26.9. The number of rotatable bonds is 12. The fourth-order valence-electron chi connectivity index (χ4n) is 4.59. The normalized spacial score (nSPS) is 15.9. The third kappa shape index (κ3) is 8.26. The van der Waals surface area contributed by atoms with Crippen molar-refractivity contribution in [1.29, 1.82) is 5.41 Å². The Morgan fingerprint density at radius 2 is 1.86 bits per heavy atom. The summed E-state index contributed by atoms with van der Waals surface area (Å²) in [7, 11) is 0. The monoisotopic (exact) mass is 527 g/mol. The molecule has 1 aromatic heterocycles. The second kappa shape index (κ2) is 13.5. The van der Waals surface area contributed by atoms with Gasteiger partial charge in [-0.05, 0) is 37.3 Å². The number of aromatic amines is 1. The molecule has 2 heterocycles. The van der Waals surface area contributed by atoms with Crippen LogP contribution in [0.5, 0.6) is 0 Å². The van der Waals surface area contributed by atoms with E-state index in [1.54, 1.807) is 6.92 Å². The number of H-pyrrole nitrogens is 1. The van der Waals surface area contributed by atoms with Crippen LogP contribution >= 0.6 is 11.8 Å². The maximum atomic E-state index is 13.6. The van der Waals surface area contributed by atoms with E-state index in [4.69, 9.17) is 5.41 Å². The average Bonchev–Trinajstić information content (AvgIpc) is 3.28. The molecule has 1 fully saturated rings. The number of piperidine rings is 1. The molecule has 4 N–H and O–H groups in total. The molecular weight excluding hydrogens is 490 g/mol. The molecule has 2 amide bonds. The summed E-state index contributed by atoms with van der Waals surface area (Å²) in [5.74, 6) is -0.633. The summed E-state index contributed by atoms with van der Waals surface area (Å²) in [6.07, 6.45) is 4.70. The number of thioether (sulfide) groups is 1. The number of hydrogen-bond acceptors (Lipinski definition) is 7. The van der Waals surface area contributed by atoms with E-state index in [0.717, 1.165) is 47.3 Å². The first-order valence-corrected chi connectivity index (χ1v) is 13.7. The minimum atomic E-state index is -0.823. The molecule has 0 saturated carbocycles. The predicted molar refractivity (Wildman–Crippen MR) is 147 cm³/mol.